The first-order chi connectivity index (χ1) is 8.31. The molecule has 0 amide bonds. The fourth-order valence-corrected chi connectivity index (χ4v) is 2.14. The van der Waals surface area contributed by atoms with Crippen LogP contribution in [-0.2, 0) is 6.18 Å². The van der Waals surface area contributed by atoms with E-state index in [9.17, 15) is 13.2 Å². The zero-order chi connectivity index (χ0) is 13.4. The van der Waals surface area contributed by atoms with Crippen LogP contribution < -0.4 is 11.1 Å². The summed E-state index contributed by atoms with van der Waals surface area (Å²) in [5.74, 6) is 0.183. The summed E-state index contributed by atoms with van der Waals surface area (Å²) in [5.41, 5.74) is 4.76. The lowest BCUT2D eigenvalue weighted by Gasteiger charge is -2.30. The van der Waals surface area contributed by atoms with Crippen LogP contribution in [0.5, 0.6) is 0 Å². The molecule has 18 heavy (non-hydrogen) atoms. The Morgan fingerprint density at radius 2 is 2.00 bits per heavy atom. The van der Waals surface area contributed by atoms with Crippen LogP contribution >= 0.6 is 0 Å². The predicted molar refractivity (Wildman–Crippen MR) is 60.9 cm³/mol. The second-order valence-electron chi connectivity index (χ2n) is 4.83. The van der Waals surface area contributed by atoms with Crippen LogP contribution in [0.4, 0.5) is 19.1 Å². The Kier molecular flexibility index (Phi) is 3.18. The van der Waals surface area contributed by atoms with Crippen molar-refractivity contribution in [2.75, 3.05) is 5.32 Å². The second-order valence-corrected chi connectivity index (χ2v) is 4.83. The molecule has 0 bridgehead atoms. The molecule has 0 aromatic carbocycles. The minimum Gasteiger partial charge on any atom is -0.348 e. The van der Waals surface area contributed by atoms with Gasteiger partial charge in [-0.2, -0.15) is 13.2 Å². The van der Waals surface area contributed by atoms with Crippen LogP contribution in [0.15, 0.2) is 12.4 Å². The van der Waals surface area contributed by atoms with E-state index in [-0.39, 0.29) is 17.5 Å². The summed E-state index contributed by atoms with van der Waals surface area (Å²) in [7, 11) is 0. The first kappa shape index (κ1) is 13.1. The molecule has 1 aliphatic carbocycles. The van der Waals surface area contributed by atoms with Crippen molar-refractivity contribution in [1.82, 2.24) is 9.97 Å². The van der Waals surface area contributed by atoms with Gasteiger partial charge in [0.05, 0.1) is 11.1 Å². The lowest BCUT2D eigenvalue weighted by atomic mass is 9.97. The van der Waals surface area contributed by atoms with Gasteiger partial charge in [-0.1, -0.05) is 0 Å². The van der Waals surface area contributed by atoms with Crippen molar-refractivity contribution in [2.45, 2.75) is 43.9 Å². The number of nitrogens with two attached hydrogens (primary N) is 1. The van der Waals surface area contributed by atoms with Crippen molar-refractivity contribution in [3.05, 3.63) is 18.0 Å². The molecule has 1 saturated carbocycles. The van der Waals surface area contributed by atoms with E-state index in [1.165, 1.54) is 0 Å². The van der Waals surface area contributed by atoms with E-state index in [0.29, 0.717) is 0 Å². The fraction of sp³-hybridized carbons (Fsp3) is 0.636. The molecule has 0 spiro atoms. The summed E-state index contributed by atoms with van der Waals surface area (Å²) in [6.07, 6.45) is -0.113. The molecule has 1 aliphatic rings. The maximum absolute atomic E-state index is 12.3. The standard InChI is InChI=1S/C11H15F3N4/c1-10(4-2-3-8(10)15)18-9-16-5-7(6-17-9)11(12,13)14/h5-6,8H,2-4,15H2,1H3,(H,16,17,18)/t8-,10-/m1/s1. The molecular weight excluding hydrogens is 245 g/mol. The van der Waals surface area contributed by atoms with Gasteiger partial charge in [-0.3, -0.25) is 0 Å². The molecule has 0 saturated heterocycles. The zero-order valence-corrected chi connectivity index (χ0v) is 9.96. The van der Waals surface area contributed by atoms with Gasteiger partial charge >= 0.3 is 6.18 Å². The molecule has 2 atom stereocenters. The number of anilines is 1. The van der Waals surface area contributed by atoms with E-state index in [4.69, 9.17) is 5.73 Å². The van der Waals surface area contributed by atoms with Crippen molar-refractivity contribution in [1.29, 1.82) is 0 Å². The smallest absolute Gasteiger partial charge is 0.348 e. The van der Waals surface area contributed by atoms with Gasteiger partial charge in [0.1, 0.15) is 0 Å². The number of alkyl halides is 3. The second kappa shape index (κ2) is 4.38. The van der Waals surface area contributed by atoms with Gasteiger partial charge in [0.2, 0.25) is 5.95 Å². The molecule has 0 radical (unpaired) electrons. The summed E-state index contributed by atoms with van der Waals surface area (Å²) in [5, 5.41) is 3.03. The van der Waals surface area contributed by atoms with Crippen molar-refractivity contribution >= 4 is 5.95 Å². The van der Waals surface area contributed by atoms with Crippen molar-refractivity contribution in [2.24, 2.45) is 5.73 Å². The lowest BCUT2D eigenvalue weighted by molar-refractivity contribution is -0.138. The third-order valence-corrected chi connectivity index (χ3v) is 3.41. The molecule has 2 rings (SSSR count). The third kappa shape index (κ3) is 2.55. The summed E-state index contributed by atoms with van der Waals surface area (Å²) in [6, 6.07) is -0.0385. The van der Waals surface area contributed by atoms with Crippen molar-refractivity contribution < 1.29 is 13.2 Å². The molecule has 100 valence electrons. The Hall–Kier alpha value is -1.37. The minimum absolute atomic E-state index is 0.0385. The van der Waals surface area contributed by atoms with Gasteiger partial charge in [0, 0.05) is 18.4 Å². The van der Waals surface area contributed by atoms with Crippen LogP contribution in [0.1, 0.15) is 31.7 Å². The van der Waals surface area contributed by atoms with Gasteiger partial charge in [0.25, 0.3) is 0 Å². The Balaban J connectivity index is 2.11. The van der Waals surface area contributed by atoms with Crippen LogP contribution in [0.2, 0.25) is 0 Å². The number of hydrogen-bond donors (Lipinski definition) is 2. The van der Waals surface area contributed by atoms with E-state index >= 15 is 0 Å². The van der Waals surface area contributed by atoms with Crippen LogP contribution in [0.3, 0.4) is 0 Å². The molecule has 4 nitrogen and oxygen atoms in total. The van der Waals surface area contributed by atoms with Gasteiger partial charge < -0.3 is 11.1 Å². The maximum atomic E-state index is 12.3. The molecule has 1 aromatic rings. The largest absolute Gasteiger partial charge is 0.419 e. The maximum Gasteiger partial charge on any atom is 0.419 e. The predicted octanol–water partition coefficient (Wildman–Crippen LogP) is 2.18. The van der Waals surface area contributed by atoms with E-state index in [2.05, 4.69) is 15.3 Å². The fourth-order valence-electron chi connectivity index (χ4n) is 2.14. The number of nitrogens with one attached hydrogen (secondary N) is 1. The normalized spacial score (nSPS) is 28.4. The third-order valence-electron chi connectivity index (χ3n) is 3.41. The van der Waals surface area contributed by atoms with E-state index < -0.39 is 11.7 Å². The molecular formula is C11H15F3N4. The van der Waals surface area contributed by atoms with Gasteiger partial charge in [-0.05, 0) is 26.2 Å². The number of halogens is 3. The number of nitrogens with zero attached hydrogens (tertiary/aromatic N) is 2. The molecule has 1 heterocycles. The number of aromatic nitrogens is 2. The van der Waals surface area contributed by atoms with Crippen LogP contribution in [0.25, 0.3) is 0 Å². The quantitative estimate of drug-likeness (QED) is 0.855. The van der Waals surface area contributed by atoms with E-state index in [1.807, 2.05) is 6.92 Å². The molecule has 0 aliphatic heterocycles. The Labute approximate surface area is 103 Å². The highest BCUT2D eigenvalue weighted by atomic mass is 19.4. The highest BCUT2D eigenvalue weighted by Gasteiger charge is 2.37. The summed E-state index contributed by atoms with van der Waals surface area (Å²) < 4.78 is 37.0. The first-order valence-corrected chi connectivity index (χ1v) is 5.74. The summed E-state index contributed by atoms with van der Waals surface area (Å²) >= 11 is 0. The molecule has 1 aromatic heterocycles. The topological polar surface area (TPSA) is 63.8 Å². The van der Waals surface area contributed by atoms with E-state index in [0.717, 1.165) is 31.7 Å². The first-order valence-electron chi connectivity index (χ1n) is 5.74. The minimum atomic E-state index is -4.41. The summed E-state index contributed by atoms with van der Waals surface area (Å²) in [4.78, 5) is 7.38. The Morgan fingerprint density at radius 3 is 2.44 bits per heavy atom. The van der Waals surface area contributed by atoms with Gasteiger partial charge in [-0.25, -0.2) is 9.97 Å². The van der Waals surface area contributed by atoms with E-state index in [1.54, 1.807) is 0 Å². The molecule has 7 heteroatoms. The highest BCUT2D eigenvalue weighted by molar-refractivity contribution is 5.32. The van der Waals surface area contributed by atoms with Crippen LogP contribution in [0, 0.1) is 0 Å². The molecule has 3 N–H and O–H groups in total. The zero-order valence-electron chi connectivity index (χ0n) is 9.96. The summed E-state index contributed by atoms with van der Waals surface area (Å²) in [6.45, 7) is 1.94. The lowest BCUT2D eigenvalue weighted by Crippen LogP contribution is -2.47. The van der Waals surface area contributed by atoms with Crippen LogP contribution in [-0.4, -0.2) is 21.5 Å². The Morgan fingerprint density at radius 1 is 1.39 bits per heavy atom. The van der Waals surface area contributed by atoms with Gasteiger partial charge in [-0.15, -0.1) is 0 Å². The monoisotopic (exact) mass is 260 g/mol. The van der Waals surface area contributed by atoms with Crippen molar-refractivity contribution in [3.8, 4) is 0 Å². The number of rotatable bonds is 2. The molecule has 1 fully saturated rings. The highest BCUT2D eigenvalue weighted by Crippen LogP contribution is 2.32. The SMILES string of the molecule is C[C@@]1(Nc2ncc(C(F)(F)F)cn2)CCC[C@H]1N. The Bertz CT molecular complexity index is 417. The van der Waals surface area contributed by atoms with Gasteiger partial charge in [0.15, 0.2) is 0 Å². The van der Waals surface area contributed by atoms with Crippen molar-refractivity contribution in [3.63, 3.8) is 0 Å². The number of hydrogen-bond acceptors (Lipinski definition) is 4. The average Bonchev–Trinajstić information content (AvgIpc) is 2.58. The average molecular weight is 260 g/mol. The molecule has 0 unspecified atom stereocenters.